The van der Waals surface area contributed by atoms with Crippen molar-refractivity contribution < 1.29 is 24.5 Å². The standard InChI is InChI=1S/C13H17NO5/c1-19-7-6-11(13(17)18)14-12(16)10-4-2-9(8-15)3-5-10/h2-5,11,15H,6-8H2,1H3,(H,14,16)(H,17,18). The van der Waals surface area contributed by atoms with Crippen molar-refractivity contribution in [2.75, 3.05) is 13.7 Å². The molecule has 6 nitrogen and oxygen atoms in total. The van der Waals surface area contributed by atoms with Gasteiger partial charge in [0.05, 0.1) is 6.61 Å². The van der Waals surface area contributed by atoms with E-state index in [0.29, 0.717) is 11.1 Å². The smallest absolute Gasteiger partial charge is 0.326 e. The van der Waals surface area contributed by atoms with Crippen LogP contribution in [0.4, 0.5) is 0 Å². The van der Waals surface area contributed by atoms with E-state index < -0.39 is 17.9 Å². The highest BCUT2D eigenvalue weighted by Gasteiger charge is 2.20. The Balaban J connectivity index is 2.67. The number of hydrogen-bond donors (Lipinski definition) is 3. The molecule has 0 bridgehead atoms. The number of carboxylic acid groups (broad SMARTS) is 1. The fourth-order valence-electron chi connectivity index (χ4n) is 1.50. The molecule has 0 fully saturated rings. The summed E-state index contributed by atoms with van der Waals surface area (Å²) in [5.41, 5.74) is 1.03. The van der Waals surface area contributed by atoms with Crippen LogP contribution in [-0.2, 0) is 16.1 Å². The number of rotatable bonds is 7. The number of aliphatic carboxylic acids is 1. The molecule has 0 spiro atoms. The van der Waals surface area contributed by atoms with Gasteiger partial charge in [-0.05, 0) is 17.7 Å². The van der Waals surface area contributed by atoms with E-state index in [2.05, 4.69) is 5.32 Å². The van der Waals surface area contributed by atoms with Crippen molar-refractivity contribution in [1.29, 1.82) is 0 Å². The first-order valence-corrected chi connectivity index (χ1v) is 5.81. The molecule has 0 aromatic heterocycles. The molecule has 1 aromatic carbocycles. The van der Waals surface area contributed by atoms with E-state index in [4.69, 9.17) is 14.9 Å². The maximum atomic E-state index is 11.8. The van der Waals surface area contributed by atoms with Crippen LogP contribution in [0.1, 0.15) is 22.3 Å². The van der Waals surface area contributed by atoms with Crippen LogP contribution in [0.2, 0.25) is 0 Å². The minimum atomic E-state index is -1.10. The molecule has 1 atom stereocenters. The van der Waals surface area contributed by atoms with E-state index >= 15 is 0 Å². The van der Waals surface area contributed by atoms with Crippen LogP contribution in [0.25, 0.3) is 0 Å². The summed E-state index contributed by atoms with van der Waals surface area (Å²) in [7, 11) is 1.47. The third-order valence-electron chi connectivity index (χ3n) is 2.61. The number of benzene rings is 1. The summed E-state index contributed by atoms with van der Waals surface area (Å²) >= 11 is 0. The number of hydrogen-bond acceptors (Lipinski definition) is 4. The third kappa shape index (κ3) is 4.69. The summed E-state index contributed by atoms with van der Waals surface area (Å²) in [6, 6.07) is 5.32. The molecule has 6 heteroatoms. The Bertz CT molecular complexity index is 429. The number of carbonyl (C=O) groups excluding carboxylic acids is 1. The Morgan fingerprint density at radius 1 is 1.32 bits per heavy atom. The molecule has 104 valence electrons. The SMILES string of the molecule is COCCC(NC(=O)c1ccc(CO)cc1)C(=O)O. The normalized spacial score (nSPS) is 11.9. The van der Waals surface area contributed by atoms with Crippen molar-refractivity contribution in [3.63, 3.8) is 0 Å². The maximum Gasteiger partial charge on any atom is 0.326 e. The molecule has 0 saturated carbocycles. The van der Waals surface area contributed by atoms with Gasteiger partial charge in [0.1, 0.15) is 6.04 Å². The molecule has 0 aliphatic heterocycles. The lowest BCUT2D eigenvalue weighted by Gasteiger charge is -2.14. The lowest BCUT2D eigenvalue weighted by Crippen LogP contribution is -2.41. The highest BCUT2D eigenvalue weighted by atomic mass is 16.5. The van der Waals surface area contributed by atoms with Gasteiger partial charge in [0.2, 0.25) is 0 Å². The Morgan fingerprint density at radius 3 is 2.42 bits per heavy atom. The zero-order chi connectivity index (χ0) is 14.3. The average molecular weight is 267 g/mol. The summed E-state index contributed by atoms with van der Waals surface area (Å²) in [6.45, 7) is 0.147. The summed E-state index contributed by atoms with van der Waals surface area (Å²) in [5.74, 6) is -1.56. The first kappa shape index (κ1) is 15.1. The summed E-state index contributed by atoms with van der Waals surface area (Å²) in [5, 5.41) is 20.3. The Labute approximate surface area is 111 Å². The predicted molar refractivity (Wildman–Crippen MR) is 67.7 cm³/mol. The number of amides is 1. The number of methoxy groups -OCH3 is 1. The number of carboxylic acids is 1. The molecule has 0 radical (unpaired) electrons. The van der Waals surface area contributed by atoms with Gasteiger partial charge in [-0.15, -0.1) is 0 Å². The number of aliphatic hydroxyl groups excluding tert-OH is 1. The zero-order valence-corrected chi connectivity index (χ0v) is 10.6. The van der Waals surface area contributed by atoms with Crippen LogP contribution < -0.4 is 5.32 Å². The zero-order valence-electron chi connectivity index (χ0n) is 10.6. The topological polar surface area (TPSA) is 95.9 Å². The molecule has 3 N–H and O–H groups in total. The molecule has 0 heterocycles. The van der Waals surface area contributed by atoms with Crippen LogP contribution in [-0.4, -0.2) is 41.8 Å². The van der Waals surface area contributed by atoms with Gasteiger partial charge in [0.15, 0.2) is 0 Å². The van der Waals surface area contributed by atoms with Crippen LogP contribution in [0.5, 0.6) is 0 Å². The molecular formula is C13H17NO5. The molecular weight excluding hydrogens is 250 g/mol. The van der Waals surface area contributed by atoms with Gasteiger partial charge in [-0.3, -0.25) is 4.79 Å². The van der Waals surface area contributed by atoms with Gasteiger partial charge < -0.3 is 20.3 Å². The van der Waals surface area contributed by atoms with Crippen LogP contribution in [0, 0.1) is 0 Å². The minimum absolute atomic E-state index is 0.104. The minimum Gasteiger partial charge on any atom is -0.480 e. The number of aliphatic hydroxyl groups is 1. The van der Waals surface area contributed by atoms with Crippen molar-refractivity contribution >= 4 is 11.9 Å². The second kappa shape index (κ2) is 7.50. The van der Waals surface area contributed by atoms with Crippen LogP contribution >= 0.6 is 0 Å². The van der Waals surface area contributed by atoms with Crippen molar-refractivity contribution in [2.45, 2.75) is 19.1 Å². The summed E-state index contributed by atoms with van der Waals surface area (Å²) in [4.78, 5) is 22.8. The molecule has 1 aromatic rings. The van der Waals surface area contributed by atoms with Gasteiger partial charge in [0, 0.05) is 25.7 Å². The van der Waals surface area contributed by atoms with Gasteiger partial charge in [-0.25, -0.2) is 4.79 Å². The van der Waals surface area contributed by atoms with E-state index in [1.165, 1.54) is 19.2 Å². The van der Waals surface area contributed by atoms with Gasteiger partial charge >= 0.3 is 5.97 Å². The lowest BCUT2D eigenvalue weighted by molar-refractivity contribution is -0.139. The van der Waals surface area contributed by atoms with E-state index in [1.807, 2.05) is 0 Å². The molecule has 0 aliphatic rings. The molecule has 1 amide bonds. The summed E-state index contributed by atoms with van der Waals surface area (Å²) in [6.07, 6.45) is 0.201. The summed E-state index contributed by atoms with van der Waals surface area (Å²) < 4.78 is 4.80. The maximum absolute atomic E-state index is 11.8. The first-order chi connectivity index (χ1) is 9.08. The van der Waals surface area contributed by atoms with Crippen LogP contribution in [0.15, 0.2) is 24.3 Å². The fraction of sp³-hybridized carbons (Fsp3) is 0.385. The first-order valence-electron chi connectivity index (χ1n) is 5.81. The van der Waals surface area contributed by atoms with E-state index in [9.17, 15) is 9.59 Å². The van der Waals surface area contributed by atoms with Crippen molar-refractivity contribution in [3.8, 4) is 0 Å². The predicted octanol–water partition coefficient (Wildman–Crippen LogP) is 0.398. The number of ether oxygens (including phenoxy) is 1. The number of nitrogens with one attached hydrogen (secondary N) is 1. The Hall–Kier alpha value is -1.92. The molecule has 0 saturated heterocycles. The van der Waals surface area contributed by atoms with Crippen molar-refractivity contribution in [2.24, 2.45) is 0 Å². The fourth-order valence-corrected chi connectivity index (χ4v) is 1.50. The quantitative estimate of drug-likeness (QED) is 0.664. The Morgan fingerprint density at radius 2 is 1.95 bits per heavy atom. The Kier molecular flexibility index (Phi) is 5.98. The number of carbonyl (C=O) groups is 2. The third-order valence-corrected chi connectivity index (χ3v) is 2.61. The van der Waals surface area contributed by atoms with E-state index in [1.54, 1.807) is 12.1 Å². The molecule has 19 heavy (non-hydrogen) atoms. The van der Waals surface area contributed by atoms with Crippen molar-refractivity contribution in [3.05, 3.63) is 35.4 Å². The largest absolute Gasteiger partial charge is 0.480 e. The molecule has 1 unspecified atom stereocenters. The van der Waals surface area contributed by atoms with Crippen LogP contribution in [0.3, 0.4) is 0 Å². The monoisotopic (exact) mass is 267 g/mol. The lowest BCUT2D eigenvalue weighted by atomic mass is 10.1. The second-order valence-electron chi connectivity index (χ2n) is 4.00. The highest BCUT2D eigenvalue weighted by Crippen LogP contribution is 2.05. The molecule has 0 aliphatic carbocycles. The molecule has 1 rings (SSSR count). The van der Waals surface area contributed by atoms with Crippen molar-refractivity contribution in [1.82, 2.24) is 5.32 Å². The second-order valence-corrected chi connectivity index (χ2v) is 4.00. The highest BCUT2D eigenvalue weighted by molar-refractivity contribution is 5.96. The average Bonchev–Trinajstić information content (AvgIpc) is 2.43. The van der Waals surface area contributed by atoms with E-state index in [0.717, 1.165) is 0 Å². The van der Waals surface area contributed by atoms with E-state index in [-0.39, 0.29) is 19.6 Å². The van der Waals surface area contributed by atoms with Gasteiger partial charge in [0.25, 0.3) is 5.91 Å². The van der Waals surface area contributed by atoms with Gasteiger partial charge in [-0.2, -0.15) is 0 Å². The van der Waals surface area contributed by atoms with Gasteiger partial charge in [-0.1, -0.05) is 12.1 Å².